The minimum atomic E-state index is -0.144. The van der Waals surface area contributed by atoms with Crippen molar-refractivity contribution in [3.63, 3.8) is 0 Å². The van der Waals surface area contributed by atoms with Crippen molar-refractivity contribution < 1.29 is 9.47 Å². The monoisotopic (exact) mass is 442 g/mol. The summed E-state index contributed by atoms with van der Waals surface area (Å²) in [4.78, 5) is 8.85. The van der Waals surface area contributed by atoms with E-state index >= 15 is 0 Å². The number of ether oxygens (including phenoxy) is 2. The van der Waals surface area contributed by atoms with Crippen molar-refractivity contribution in [1.82, 2.24) is 29.4 Å². The number of nitrogens with zero attached hydrogens (tertiary/aromatic N) is 6. The molecule has 0 amide bonds. The van der Waals surface area contributed by atoms with Crippen LogP contribution in [0.15, 0.2) is 18.6 Å². The lowest BCUT2D eigenvalue weighted by Gasteiger charge is -2.13. The van der Waals surface area contributed by atoms with Gasteiger partial charge in [-0.2, -0.15) is 9.61 Å². The lowest BCUT2D eigenvalue weighted by atomic mass is 10.2. The van der Waals surface area contributed by atoms with Gasteiger partial charge in [0.2, 0.25) is 9.71 Å². The molecule has 3 rings (SSSR count). The fourth-order valence-electron chi connectivity index (χ4n) is 2.31. The molecule has 0 fully saturated rings. The zero-order valence-corrected chi connectivity index (χ0v) is 16.1. The van der Waals surface area contributed by atoms with E-state index in [0.29, 0.717) is 27.7 Å². The molecule has 0 aromatic carbocycles. The molecule has 8 nitrogen and oxygen atoms in total. The summed E-state index contributed by atoms with van der Waals surface area (Å²) >= 11 is 2.07. The molecule has 0 bridgehead atoms. The second-order valence-electron chi connectivity index (χ2n) is 5.49. The van der Waals surface area contributed by atoms with Gasteiger partial charge in [-0.1, -0.05) is 0 Å². The van der Waals surface area contributed by atoms with Crippen LogP contribution < -0.4 is 4.74 Å². The van der Waals surface area contributed by atoms with Gasteiger partial charge in [-0.3, -0.25) is 0 Å². The topological polar surface area (TPSA) is 79.4 Å². The van der Waals surface area contributed by atoms with E-state index in [1.165, 1.54) is 0 Å². The number of hydrogen-bond donors (Lipinski definition) is 0. The van der Waals surface area contributed by atoms with Gasteiger partial charge in [0.1, 0.15) is 11.9 Å². The first-order valence-electron chi connectivity index (χ1n) is 7.73. The highest BCUT2D eigenvalue weighted by atomic mass is 127. The van der Waals surface area contributed by atoms with E-state index in [2.05, 4.69) is 42.8 Å². The smallest absolute Gasteiger partial charge is 0.244 e. The van der Waals surface area contributed by atoms with Gasteiger partial charge < -0.3 is 9.47 Å². The minimum absolute atomic E-state index is 0.0181. The van der Waals surface area contributed by atoms with E-state index in [0.717, 1.165) is 5.56 Å². The molecule has 3 heterocycles. The largest absolute Gasteiger partial charge is 0.473 e. The van der Waals surface area contributed by atoms with Crippen molar-refractivity contribution in [2.75, 3.05) is 6.61 Å². The second-order valence-corrected chi connectivity index (χ2v) is 6.46. The minimum Gasteiger partial charge on any atom is -0.473 e. The maximum atomic E-state index is 5.97. The maximum Gasteiger partial charge on any atom is 0.244 e. The third kappa shape index (κ3) is 3.36. The van der Waals surface area contributed by atoms with Crippen LogP contribution in [-0.2, 0) is 4.74 Å². The summed E-state index contributed by atoms with van der Waals surface area (Å²) in [6.45, 7) is 8.45. The van der Waals surface area contributed by atoms with Gasteiger partial charge in [0, 0.05) is 41.0 Å². The highest BCUT2D eigenvalue weighted by Gasteiger charge is 2.19. The first-order valence-corrected chi connectivity index (χ1v) is 8.81. The average Bonchev–Trinajstić information content (AvgIpc) is 3.13. The molecule has 0 saturated heterocycles. The first kappa shape index (κ1) is 17.1. The molecule has 0 saturated carbocycles. The Morgan fingerprint density at radius 1 is 1.25 bits per heavy atom. The number of aromatic nitrogens is 6. The summed E-state index contributed by atoms with van der Waals surface area (Å²) in [5.74, 6) is 0.557. The van der Waals surface area contributed by atoms with Crippen LogP contribution in [0.4, 0.5) is 0 Å². The van der Waals surface area contributed by atoms with Crippen LogP contribution in [0.5, 0.6) is 5.88 Å². The predicted octanol–water partition coefficient (Wildman–Crippen LogP) is 2.93. The maximum absolute atomic E-state index is 5.97. The van der Waals surface area contributed by atoms with E-state index in [9.17, 15) is 0 Å². The number of halogens is 1. The van der Waals surface area contributed by atoms with E-state index < -0.39 is 0 Å². The molecule has 0 aliphatic carbocycles. The second kappa shape index (κ2) is 7.01. The number of rotatable bonds is 6. The third-order valence-electron chi connectivity index (χ3n) is 3.31. The number of hydrogen-bond acceptors (Lipinski definition) is 6. The van der Waals surface area contributed by atoms with Gasteiger partial charge in [0.25, 0.3) is 0 Å². The third-order valence-corrected chi connectivity index (χ3v) is 3.77. The molecule has 1 unspecified atom stereocenters. The van der Waals surface area contributed by atoms with E-state index in [1.54, 1.807) is 21.6 Å². The van der Waals surface area contributed by atoms with Crippen molar-refractivity contribution >= 4 is 28.2 Å². The molecule has 3 aromatic rings. The summed E-state index contributed by atoms with van der Waals surface area (Å²) in [5.41, 5.74) is 2.16. The van der Waals surface area contributed by atoms with E-state index in [1.807, 2.05) is 33.9 Å². The summed E-state index contributed by atoms with van der Waals surface area (Å²) in [6.07, 6.45) is 5.16. The van der Waals surface area contributed by atoms with Gasteiger partial charge in [0.15, 0.2) is 5.65 Å². The molecule has 3 aromatic heterocycles. The molecular formula is C15H19IN6O2. The lowest BCUT2D eigenvalue weighted by molar-refractivity contribution is 0.0160. The Bertz CT molecular complexity index is 844. The highest BCUT2D eigenvalue weighted by Crippen LogP contribution is 2.29. The summed E-state index contributed by atoms with van der Waals surface area (Å²) in [5, 5.41) is 8.76. The Hall–Kier alpha value is -1.75. The Labute approximate surface area is 153 Å². The Balaban J connectivity index is 2.08. The molecule has 0 N–H and O–H groups in total. The van der Waals surface area contributed by atoms with Gasteiger partial charge in [-0.15, -0.1) is 5.10 Å². The molecule has 1 atom stereocenters. The normalized spacial score (nSPS) is 12.9. The van der Waals surface area contributed by atoms with Crippen LogP contribution >= 0.6 is 22.6 Å². The Morgan fingerprint density at radius 3 is 2.75 bits per heavy atom. The van der Waals surface area contributed by atoms with Crippen LogP contribution in [0.1, 0.15) is 33.9 Å². The standard InChI is InChI=1S/C15H19IN6O2/c1-5-23-10(4)21-8-11(6-18-21)13-14(24-9(2)3)22-12(7-17-13)19-15(16)20-22/h6-10H,5H2,1-4H3. The fraction of sp³-hybridized carbons (Fsp3) is 0.467. The van der Waals surface area contributed by atoms with Crippen LogP contribution in [-0.4, -0.2) is 42.1 Å². The summed E-state index contributed by atoms with van der Waals surface area (Å²) in [6, 6.07) is 0. The van der Waals surface area contributed by atoms with Gasteiger partial charge in [-0.05, 0) is 27.7 Å². The molecule has 0 aliphatic heterocycles. The lowest BCUT2D eigenvalue weighted by Crippen LogP contribution is -2.11. The van der Waals surface area contributed by atoms with Crippen LogP contribution in [0, 0.1) is 3.83 Å². The van der Waals surface area contributed by atoms with Gasteiger partial charge in [0.05, 0.1) is 18.5 Å². The molecule has 0 spiro atoms. The average molecular weight is 442 g/mol. The van der Waals surface area contributed by atoms with Gasteiger partial charge in [-0.25, -0.2) is 14.6 Å². The molecule has 9 heteroatoms. The molecule has 0 radical (unpaired) electrons. The van der Waals surface area contributed by atoms with Crippen LogP contribution in [0.3, 0.4) is 0 Å². The SMILES string of the molecule is CCOC(C)n1cc(-c2ncc3nc(I)nn3c2OC(C)C)cn1. The van der Waals surface area contributed by atoms with Crippen molar-refractivity contribution in [3.8, 4) is 17.1 Å². The summed E-state index contributed by atoms with van der Waals surface area (Å²) in [7, 11) is 0. The van der Waals surface area contributed by atoms with Gasteiger partial charge >= 0.3 is 0 Å². The number of fused-ring (bicyclic) bond motifs is 1. The summed E-state index contributed by atoms with van der Waals surface area (Å²) < 4.78 is 15.6. The predicted molar refractivity (Wildman–Crippen MR) is 96.8 cm³/mol. The highest BCUT2D eigenvalue weighted by molar-refractivity contribution is 14.1. The van der Waals surface area contributed by atoms with Crippen molar-refractivity contribution in [2.24, 2.45) is 0 Å². The van der Waals surface area contributed by atoms with Crippen molar-refractivity contribution in [2.45, 2.75) is 40.0 Å². The fourth-order valence-corrected chi connectivity index (χ4v) is 2.78. The Kier molecular flexibility index (Phi) is 4.99. The van der Waals surface area contributed by atoms with E-state index in [4.69, 9.17) is 9.47 Å². The quantitative estimate of drug-likeness (QED) is 0.547. The Morgan fingerprint density at radius 2 is 2.04 bits per heavy atom. The zero-order valence-electron chi connectivity index (χ0n) is 14.0. The van der Waals surface area contributed by atoms with Crippen molar-refractivity contribution in [3.05, 3.63) is 22.4 Å². The zero-order chi connectivity index (χ0) is 17.3. The molecule has 128 valence electrons. The molecular weight excluding hydrogens is 423 g/mol. The first-order chi connectivity index (χ1) is 11.5. The van der Waals surface area contributed by atoms with Crippen LogP contribution in [0.2, 0.25) is 0 Å². The van der Waals surface area contributed by atoms with Crippen molar-refractivity contribution in [1.29, 1.82) is 0 Å². The van der Waals surface area contributed by atoms with Crippen LogP contribution in [0.25, 0.3) is 16.9 Å². The molecule has 24 heavy (non-hydrogen) atoms. The molecule has 0 aliphatic rings. The van der Waals surface area contributed by atoms with E-state index in [-0.39, 0.29) is 12.3 Å².